The molecular formula is C13H9NO2S. The van der Waals surface area contributed by atoms with Crippen LogP contribution in [0.25, 0.3) is 20.2 Å². The maximum absolute atomic E-state index is 11.0. The van der Waals surface area contributed by atoms with E-state index < -0.39 is 5.97 Å². The van der Waals surface area contributed by atoms with E-state index >= 15 is 0 Å². The van der Waals surface area contributed by atoms with Crippen LogP contribution in [-0.2, 0) is 0 Å². The fraction of sp³-hybridized carbons (Fsp3) is 0. The molecular weight excluding hydrogens is 234 g/mol. The molecule has 3 aromatic rings. The van der Waals surface area contributed by atoms with E-state index in [1.54, 1.807) is 17.4 Å². The molecule has 0 spiro atoms. The summed E-state index contributed by atoms with van der Waals surface area (Å²) in [4.78, 5) is 11.0. The minimum absolute atomic E-state index is 0.168. The monoisotopic (exact) mass is 243 g/mol. The molecule has 0 saturated carbocycles. The first kappa shape index (κ1) is 10.1. The molecule has 17 heavy (non-hydrogen) atoms. The number of anilines is 1. The van der Waals surface area contributed by atoms with Gasteiger partial charge in [-0.05, 0) is 18.2 Å². The molecule has 0 unspecified atom stereocenters. The van der Waals surface area contributed by atoms with Gasteiger partial charge < -0.3 is 10.8 Å². The van der Waals surface area contributed by atoms with Gasteiger partial charge in [0.2, 0.25) is 0 Å². The van der Waals surface area contributed by atoms with Crippen LogP contribution in [-0.4, -0.2) is 11.1 Å². The minimum atomic E-state index is -0.986. The molecule has 84 valence electrons. The predicted molar refractivity (Wildman–Crippen MR) is 70.7 cm³/mol. The zero-order valence-electron chi connectivity index (χ0n) is 8.81. The van der Waals surface area contributed by atoms with Crippen molar-refractivity contribution in [3.05, 3.63) is 42.0 Å². The SMILES string of the molecule is Nc1c(C(=O)O)ccc2sc3ccccc3c12. The number of carbonyl (C=O) groups is 1. The van der Waals surface area contributed by atoms with Crippen molar-refractivity contribution < 1.29 is 9.90 Å². The fourth-order valence-corrected chi connectivity index (χ4v) is 3.15. The topological polar surface area (TPSA) is 63.3 Å². The number of rotatable bonds is 1. The Morgan fingerprint density at radius 3 is 2.65 bits per heavy atom. The summed E-state index contributed by atoms with van der Waals surface area (Å²) in [5, 5.41) is 10.9. The van der Waals surface area contributed by atoms with Gasteiger partial charge in [-0.25, -0.2) is 4.79 Å². The van der Waals surface area contributed by atoms with Crippen LogP contribution in [0.3, 0.4) is 0 Å². The van der Waals surface area contributed by atoms with Crippen LogP contribution in [0.4, 0.5) is 5.69 Å². The van der Waals surface area contributed by atoms with Gasteiger partial charge in [-0.1, -0.05) is 18.2 Å². The number of hydrogen-bond donors (Lipinski definition) is 2. The summed E-state index contributed by atoms with van der Waals surface area (Å²) in [5.74, 6) is -0.986. The van der Waals surface area contributed by atoms with Crippen molar-refractivity contribution in [3.8, 4) is 0 Å². The van der Waals surface area contributed by atoms with Gasteiger partial charge in [0.25, 0.3) is 0 Å². The van der Waals surface area contributed by atoms with Gasteiger partial charge in [-0.15, -0.1) is 11.3 Å². The first-order chi connectivity index (χ1) is 8.18. The Labute approximate surface area is 101 Å². The number of nitrogens with two attached hydrogens (primary N) is 1. The summed E-state index contributed by atoms with van der Waals surface area (Å²) in [6.07, 6.45) is 0. The molecule has 2 aromatic carbocycles. The highest BCUT2D eigenvalue weighted by Gasteiger charge is 2.14. The first-order valence-corrected chi connectivity index (χ1v) is 5.93. The molecule has 3 rings (SSSR count). The minimum Gasteiger partial charge on any atom is -0.478 e. The quantitative estimate of drug-likeness (QED) is 0.644. The Balaban J connectivity index is 2.52. The summed E-state index contributed by atoms with van der Waals surface area (Å²) >= 11 is 1.62. The summed E-state index contributed by atoms with van der Waals surface area (Å²) in [5.41, 5.74) is 6.48. The highest BCUT2D eigenvalue weighted by atomic mass is 32.1. The fourth-order valence-electron chi connectivity index (χ4n) is 2.03. The van der Waals surface area contributed by atoms with Crippen molar-refractivity contribution in [3.63, 3.8) is 0 Å². The van der Waals surface area contributed by atoms with Crippen molar-refractivity contribution in [2.24, 2.45) is 0 Å². The lowest BCUT2D eigenvalue weighted by atomic mass is 10.1. The van der Waals surface area contributed by atoms with E-state index in [1.807, 2.05) is 30.3 Å². The van der Waals surface area contributed by atoms with Gasteiger partial charge >= 0.3 is 5.97 Å². The highest BCUT2D eigenvalue weighted by molar-refractivity contribution is 7.26. The third-order valence-corrected chi connectivity index (χ3v) is 3.95. The van der Waals surface area contributed by atoms with Crippen LogP contribution in [0.2, 0.25) is 0 Å². The molecule has 0 radical (unpaired) electrons. The Morgan fingerprint density at radius 1 is 1.12 bits per heavy atom. The third kappa shape index (κ3) is 1.38. The standard InChI is InChI=1S/C13H9NO2S/c14-12-8(13(15)16)5-6-10-11(12)7-3-1-2-4-9(7)17-10/h1-6H,14H2,(H,15,16). The second kappa shape index (κ2) is 3.46. The maximum Gasteiger partial charge on any atom is 0.337 e. The zero-order chi connectivity index (χ0) is 12.0. The van der Waals surface area contributed by atoms with Crippen molar-refractivity contribution in [1.82, 2.24) is 0 Å². The molecule has 1 heterocycles. The number of hydrogen-bond acceptors (Lipinski definition) is 3. The molecule has 0 saturated heterocycles. The number of aromatic carboxylic acids is 1. The first-order valence-electron chi connectivity index (χ1n) is 5.11. The normalized spacial score (nSPS) is 11.1. The molecule has 1 aromatic heterocycles. The predicted octanol–water partition coefficient (Wildman–Crippen LogP) is 3.33. The zero-order valence-corrected chi connectivity index (χ0v) is 9.62. The van der Waals surface area contributed by atoms with Gasteiger partial charge in [-0.2, -0.15) is 0 Å². The van der Waals surface area contributed by atoms with E-state index in [9.17, 15) is 4.79 Å². The molecule has 0 atom stereocenters. The van der Waals surface area contributed by atoms with E-state index in [2.05, 4.69) is 0 Å². The van der Waals surface area contributed by atoms with Gasteiger partial charge in [0.1, 0.15) is 0 Å². The van der Waals surface area contributed by atoms with Gasteiger partial charge in [0, 0.05) is 20.2 Å². The van der Waals surface area contributed by atoms with E-state index in [4.69, 9.17) is 10.8 Å². The van der Waals surface area contributed by atoms with Crippen molar-refractivity contribution in [2.45, 2.75) is 0 Å². The second-order valence-electron chi connectivity index (χ2n) is 3.80. The van der Waals surface area contributed by atoms with Crippen molar-refractivity contribution in [2.75, 3.05) is 5.73 Å². The van der Waals surface area contributed by atoms with Crippen molar-refractivity contribution >= 4 is 43.2 Å². The summed E-state index contributed by atoms with van der Waals surface area (Å²) in [7, 11) is 0. The highest BCUT2D eigenvalue weighted by Crippen LogP contribution is 2.38. The van der Waals surface area contributed by atoms with Crippen LogP contribution < -0.4 is 5.73 Å². The largest absolute Gasteiger partial charge is 0.478 e. The Bertz CT molecular complexity index is 746. The molecule has 0 aliphatic rings. The number of nitrogen functional groups attached to an aromatic ring is 1. The number of thiophene rings is 1. The van der Waals surface area contributed by atoms with Crippen LogP contribution in [0.15, 0.2) is 36.4 Å². The molecule has 0 aliphatic carbocycles. The van der Waals surface area contributed by atoms with Crippen LogP contribution in [0, 0.1) is 0 Å². The molecule has 0 bridgehead atoms. The lowest BCUT2D eigenvalue weighted by Crippen LogP contribution is -2.01. The lowest BCUT2D eigenvalue weighted by molar-refractivity contribution is 0.0698. The number of fused-ring (bicyclic) bond motifs is 3. The summed E-state index contributed by atoms with van der Waals surface area (Å²) < 4.78 is 2.14. The lowest BCUT2D eigenvalue weighted by Gasteiger charge is -2.02. The van der Waals surface area contributed by atoms with E-state index in [0.29, 0.717) is 5.69 Å². The smallest absolute Gasteiger partial charge is 0.337 e. The Hall–Kier alpha value is -2.07. The third-order valence-electron chi connectivity index (χ3n) is 2.81. The van der Waals surface area contributed by atoms with Crippen LogP contribution in [0.1, 0.15) is 10.4 Å². The Kier molecular flexibility index (Phi) is 2.06. The molecule has 3 N–H and O–H groups in total. The second-order valence-corrected chi connectivity index (χ2v) is 4.89. The molecule has 0 fully saturated rings. The van der Waals surface area contributed by atoms with Crippen LogP contribution in [0.5, 0.6) is 0 Å². The number of carboxylic acid groups (broad SMARTS) is 1. The number of benzene rings is 2. The average molecular weight is 243 g/mol. The van der Waals surface area contributed by atoms with Crippen molar-refractivity contribution in [1.29, 1.82) is 0 Å². The number of carboxylic acids is 1. The van der Waals surface area contributed by atoms with E-state index in [0.717, 1.165) is 20.2 Å². The molecule has 0 aliphatic heterocycles. The van der Waals surface area contributed by atoms with Gasteiger partial charge in [0.15, 0.2) is 0 Å². The molecule has 4 heteroatoms. The van der Waals surface area contributed by atoms with Gasteiger partial charge in [-0.3, -0.25) is 0 Å². The Morgan fingerprint density at radius 2 is 1.88 bits per heavy atom. The van der Waals surface area contributed by atoms with Gasteiger partial charge in [0.05, 0.1) is 11.3 Å². The maximum atomic E-state index is 11.0. The average Bonchev–Trinajstić information content (AvgIpc) is 2.67. The van der Waals surface area contributed by atoms with E-state index in [1.165, 1.54) is 0 Å². The molecule has 0 amide bonds. The van der Waals surface area contributed by atoms with E-state index in [-0.39, 0.29) is 5.56 Å². The summed E-state index contributed by atoms with van der Waals surface area (Å²) in [6, 6.07) is 11.3. The summed E-state index contributed by atoms with van der Waals surface area (Å²) in [6.45, 7) is 0. The van der Waals surface area contributed by atoms with Crippen LogP contribution >= 0.6 is 11.3 Å². The molecule has 3 nitrogen and oxygen atoms in total.